The van der Waals surface area contributed by atoms with Crippen molar-refractivity contribution in [1.29, 1.82) is 0 Å². The summed E-state index contributed by atoms with van der Waals surface area (Å²) in [7, 11) is 1.69. The van der Waals surface area contributed by atoms with Gasteiger partial charge in [-0.05, 0) is 30.2 Å². The molecule has 1 aromatic heterocycles. The van der Waals surface area contributed by atoms with Crippen LogP contribution >= 0.6 is 0 Å². The van der Waals surface area contributed by atoms with Crippen LogP contribution in [-0.4, -0.2) is 22.9 Å². The lowest BCUT2D eigenvalue weighted by Gasteiger charge is -2.06. The Balaban J connectivity index is 1.84. The van der Waals surface area contributed by atoms with Crippen molar-refractivity contribution < 1.29 is 4.74 Å². The molecule has 0 atom stereocenters. The maximum absolute atomic E-state index is 5.16. The van der Waals surface area contributed by atoms with Gasteiger partial charge in [-0.2, -0.15) is 5.10 Å². The van der Waals surface area contributed by atoms with Crippen LogP contribution in [0.4, 0.5) is 0 Å². The third kappa shape index (κ3) is 4.38. The van der Waals surface area contributed by atoms with E-state index in [0.717, 1.165) is 31.0 Å². The van der Waals surface area contributed by atoms with Gasteiger partial charge < -0.3 is 10.1 Å². The molecule has 0 bridgehead atoms. The highest BCUT2D eigenvalue weighted by Crippen LogP contribution is 2.12. The topological polar surface area (TPSA) is 39.1 Å². The molecule has 0 radical (unpaired) electrons. The quantitative estimate of drug-likeness (QED) is 0.843. The highest BCUT2D eigenvalue weighted by atomic mass is 16.5. The summed E-state index contributed by atoms with van der Waals surface area (Å²) in [6, 6.07) is 10.8. The maximum Gasteiger partial charge on any atom is 0.118 e. The normalized spacial score (nSPS) is 11.0. The van der Waals surface area contributed by atoms with Crippen molar-refractivity contribution in [3.05, 3.63) is 47.8 Å². The van der Waals surface area contributed by atoms with Crippen LogP contribution in [0, 0.1) is 0 Å². The van der Waals surface area contributed by atoms with Crippen LogP contribution in [0.25, 0.3) is 0 Å². The number of ether oxygens (including phenoxy) is 1. The monoisotopic (exact) mass is 273 g/mol. The first-order chi connectivity index (χ1) is 9.67. The van der Waals surface area contributed by atoms with Crippen molar-refractivity contribution >= 4 is 0 Å². The summed E-state index contributed by atoms with van der Waals surface area (Å²) in [6.07, 6.45) is 3.02. The van der Waals surface area contributed by atoms with E-state index in [1.54, 1.807) is 7.11 Å². The molecule has 0 saturated heterocycles. The minimum atomic E-state index is 0.486. The average molecular weight is 273 g/mol. The van der Waals surface area contributed by atoms with Crippen molar-refractivity contribution in [2.45, 2.75) is 39.4 Å². The molecule has 1 N–H and O–H groups in total. The van der Waals surface area contributed by atoms with Crippen molar-refractivity contribution in [1.82, 2.24) is 15.1 Å². The van der Waals surface area contributed by atoms with E-state index in [0.29, 0.717) is 6.04 Å². The molecule has 0 unspecified atom stereocenters. The molecule has 0 saturated carbocycles. The predicted octanol–water partition coefficient (Wildman–Crippen LogP) is 2.63. The second-order valence-electron chi connectivity index (χ2n) is 5.20. The standard InChI is InChI=1S/C16H23N3O/c1-13(2)17-12-15-9-11-19(18-15)10-8-14-4-6-16(20-3)7-5-14/h4-7,9,11,13,17H,8,10,12H2,1-3H3. The van der Waals surface area contributed by atoms with Gasteiger partial charge >= 0.3 is 0 Å². The van der Waals surface area contributed by atoms with Crippen molar-refractivity contribution in [2.75, 3.05) is 7.11 Å². The first-order valence-corrected chi connectivity index (χ1v) is 7.06. The van der Waals surface area contributed by atoms with Crippen LogP contribution in [0.15, 0.2) is 36.5 Å². The number of methoxy groups -OCH3 is 1. The molecule has 0 aliphatic rings. The Kier molecular flexibility index (Phi) is 5.18. The first-order valence-electron chi connectivity index (χ1n) is 7.06. The van der Waals surface area contributed by atoms with Gasteiger partial charge in [0.1, 0.15) is 5.75 Å². The van der Waals surface area contributed by atoms with E-state index in [9.17, 15) is 0 Å². The smallest absolute Gasteiger partial charge is 0.118 e. The zero-order valence-corrected chi connectivity index (χ0v) is 12.5. The van der Waals surface area contributed by atoms with Gasteiger partial charge in [-0.1, -0.05) is 26.0 Å². The lowest BCUT2D eigenvalue weighted by Crippen LogP contribution is -2.22. The van der Waals surface area contributed by atoms with Gasteiger partial charge in [-0.15, -0.1) is 0 Å². The van der Waals surface area contributed by atoms with E-state index in [2.05, 4.69) is 42.5 Å². The lowest BCUT2D eigenvalue weighted by atomic mass is 10.1. The average Bonchev–Trinajstić information content (AvgIpc) is 2.91. The van der Waals surface area contributed by atoms with Gasteiger partial charge in [0.05, 0.1) is 12.8 Å². The number of benzene rings is 1. The van der Waals surface area contributed by atoms with E-state index in [1.165, 1.54) is 5.56 Å². The Morgan fingerprint density at radius 3 is 2.60 bits per heavy atom. The number of aromatic nitrogens is 2. The molecule has 108 valence electrons. The van der Waals surface area contributed by atoms with Gasteiger partial charge in [0.25, 0.3) is 0 Å². The van der Waals surface area contributed by atoms with Crippen molar-refractivity contribution in [3.63, 3.8) is 0 Å². The Labute approximate surface area is 120 Å². The van der Waals surface area contributed by atoms with Crippen LogP contribution < -0.4 is 10.1 Å². The van der Waals surface area contributed by atoms with Gasteiger partial charge in [0.2, 0.25) is 0 Å². The lowest BCUT2D eigenvalue weighted by molar-refractivity contribution is 0.414. The molecule has 4 heteroatoms. The van der Waals surface area contributed by atoms with Crippen molar-refractivity contribution in [2.24, 2.45) is 0 Å². The summed E-state index contributed by atoms with van der Waals surface area (Å²) in [5, 5.41) is 7.93. The van der Waals surface area contributed by atoms with Crippen molar-refractivity contribution in [3.8, 4) is 5.75 Å². The molecule has 2 aromatic rings. The largest absolute Gasteiger partial charge is 0.497 e. The van der Waals surface area contributed by atoms with Crippen LogP contribution in [0.5, 0.6) is 5.75 Å². The van der Waals surface area contributed by atoms with E-state index < -0.39 is 0 Å². The highest BCUT2D eigenvalue weighted by molar-refractivity contribution is 5.27. The summed E-state index contributed by atoms with van der Waals surface area (Å²) >= 11 is 0. The SMILES string of the molecule is COc1ccc(CCn2ccc(CNC(C)C)n2)cc1. The number of aryl methyl sites for hydroxylation is 2. The fourth-order valence-corrected chi connectivity index (χ4v) is 1.97. The zero-order valence-electron chi connectivity index (χ0n) is 12.5. The molecule has 2 rings (SSSR count). The molecular weight excluding hydrogens is 250 g/mol. The fourth-order valence-electron chi connectivity index (χ4n) is 1.97. The minimum absolute atomic E-state index is 0.486. The molecule has 0 aliphatic carbocycles. The molecule has 20 heavy (non-hydrogen) atoms. The summed E-state index contributed by atoms with van der Waals surface area (Å²) < 4.78 is 7.16. The van der Waals surface area contributed by atoms with Gasteiger partial charge in [-0.3, -0.25) is 4.68 Å². The molecule has 0 amide bonds. The highest BCUT2D eigenvalue weighted by Gasteiger charge is 2.01. The molecule has 0 fully saturated rings. The Bertz CT molecular complexity index is 517. The number of rotatable bonds is 7. The van der Waals surface area contributed by atoms with Gasteiger partial charge in [0, 0.05) is 25.3 Å². The third-order valence-corrected chi connectivity index (χ3v) is 3.18. The molecule has 1 heterocycles. The second kappa shape index (κ2) is 7.10. The van der Waals surface area contributed by atoms with Crippen LogP contribution in [0.2, 0.25) is 0 Å². The number of nitrogens with one attached hydrogen (secondary N) is 1. The molecular formula is C16H23N3O. The Hall–Kier alpha value is -1.81. The van der Waals surface area contributed by atoms with Gasteiger partial charge in [0.15, 0.2) is 0 Å². The molecule has 1 aromatic carbocycles. The summed E-state index contributed by atoms with van der Waals surface area (Å²) in [5.74, 6) is 0.898. The predicted molar refractivity (Wildman–Crippen MR) is 80.9 cm³/mol. The Morgan fingerprint density at radius 1 is 1.20 bits per heavy atom. The number of nitrogens with zero attached hydrogens (tertiary/aromatic N) is 2. The maximum atomic E-state index is 5.16. The van der Waals surface area contributed by atoms with E-state index in [4.69, 9.17) is 4.74 Å². The van der Waals surface area contributed by atoms with Gasteiger partial charge in [-0.25, -0.2) is 0 Å². The van der Waals surface area contributed by atoms with Crippen LogP contribution in [0.1, 0.15) is 25.1 Å². The van der Waals surface area contributed by atoms with Crippen LogP contribution in [0.3, 0.4) is 0 Å². The summed E-state index contributed by atoms with van der Waals surface area (Å²) in [6.45, 7) is 6.00. The summed E-state index contributed by atoms with van der Waals surface area (Å²) in [5.41, 5.74) is 2.39. The third-order valence-electron chi connectivity index (χ3n) is 3.18. The second-order valence-corrected chi connectivity index (χ2v) is 5.20. The van der Waals surface area contributed by atoms with E-state index in [-0.39, 0.29) is 0 Å². The Morgan fingerprint density at radius 2 is 1.95 bits per heavy atom. The van der Waals surface area contributed by atoms with E-state index >= 15 is 0 Å². The molecule has 0 spiro atoms. The molecule has 0 aliphatic heterocycles. The van der Waals surface area contributed by atoms with E-state index in [1.807, 2.05) is 23.0 Å². The van der Waals surface area contributed by atoms with Crippen LogP contribution in [-0.2, 0) is 19.5 Å². The first kappa shape index (κ1) is 14.6. The summed E-state index contributed by atoms with van der Waals surface area (Å²) in [4.78, 5) is 0. The molecule has 4 nitrogen and oxygen atoms in total. The fraction of sp³-hybridized carbons (Fsp3) is 0.438. The number of hydrogen-bond donors (Lipinski definition) is 1. The number of hydrogen-bond acceptors (Lipinski definition) is 3. The zero-order chi connectivity index (χ0) is 14.4. The minimum Gasteiger partial charge on any atom is -0.497 e.